The summed E-state index contributed by atoms with van der Waals surface area (Å²) in [5.74, 6) is -1.30. The lowest BCUT2D eigenvalue weighted by molar-refractivity contribution is 0.0774. The molecule has 0 spiro atoms. The van der Waals surface area contributed by atoms with E-state index in [-0.39, 0.29) is 17.9 Å². The van der Waals surface area contributed by atoms with Crippen molar-refractivity contribution >= 4 is 13.8 Å². The summed E-state index contributed by atoms with van der Waals surface area (Å²) in [6.45, 7) is 7.53. The number of hydrogen-bond acceptors (Lipinski definition) is 3. The molecule has 2 aromatic rings. The van der Waals surface area contributed by atoms with E-state index in [2.05, 4.69) is 24.7 Å². The van der Waals surface area contributed by atoms with E-state index in [1.807, 2.05) is 0 Å². The summed E-state index contributed by atoms with van der Waals surface area (Å²) in [4.78, 5) is 0. The normalized spacial score (nSPS) is 11.9. The fourth-order valence-corrected chi connectivity index (χ4v) is 2.69. The Morgan fingerprint density at radius 2 is 1.95 bits per heavy atom. The smallest absolute Gasteiger partial charge is 0.240 e. The molecule has 1 heterocycles. The summed E-state index contributed by atoms with van der Waals surface area (Å²) in [5, 5.41) is 3.72. The fraction of sp³-hybridized carbons (Fsp3) is 0.400. The Morgan fingerprint density at radius 3 is 2.59 bits per heavy atom. The van der Waals surface area contributed by atoms with Crippen molar-refractivity contribution in [3.8, 4) is 11.1 Å². The minimum Gasteiger partial charge on any atom is -0.399 e. The first-order valence-corrected chi connectivity index (χ1v) is 10.8. The summed E-state index contributed by atoms with van der Waals surface area (Å²) < 4.78 is 34.6. The Labute approximate surface area is 129 Å². The average molecular weight is 325 g/mol. The highest BCUT2D eigenvalue weighted by Crippen LogP contribution is 2.26. The predicted molar refractivity (Wildman–Crippen MR) is 86.1 cm³/mol. The maximum absolute atomic E-state index is 13.9. The lowest BCUT2D eigenvalue weighted by Crippen LogP contribution is -2.22. The molecule has 0 aliphatic rings. The molecule has 0 aliphatic heterocycles. The number of nitrogens with two attached hydrogens (primary N) is 1. The van der Waals surface area contributed by atoms with Crippen molar-refractivity contribution in [2.45, 2.75) is 32.4 Å². The van der Waals surface area contributed by atoms with Crippen LogP contribution in [0.1, 0.15) is 0 Å². The first kappa shape index (κ1) is 16.6. The molecule has 7 heteroatoms. The van der Waals surface area contributed by atoms with Gasteiger partial charge in [-0.1, -0.05) is 19.6 Å². The number of aromatic nitrogens is 2. The zero-order valence-electron chi connectivity index (χ0n) is 13.1. The van der Waals surface area contributed by atoms with Crippen LogP contribution in [0.3, 0.4) is 0 Å². The van der Waals surface area contributed by atoms with Gasteiger partial charge in [0.25, 0.3) is 0 Å². The molecular weight excluding hydrogens is 304 g/mol. The van der Waals surface area contributed by atoms with Crippen LogP contribution in [0, 0.1) is 11.8 Å². The van der Waals surface area contributed by atoms with Crippen LogP contribution >= 0.6 is 0 Å². The highest BCUT2D eigenvalue weighted by molar-refractivity contribution is 6.76. The van der Waals surface area contributed by atoms with E-state index in [0.717, 1.165) is 12.1 Å². The third kappa shape index (κ3) is 4.38. The van der Waals surface area contributed by atoms with E-state index in [0.29, 0.717) is 12.3 Å². The zero-order chi connectivity index (χ0) is 16.3. The van der Waals surface area contributed by atoms with Gasteiger partial charge < -0.3 is 10.5 Å². The quantitative estimate of drug-likeness (QED) is 0.500. The molecule has 2 N–H and O–H groups in total. The lowest BCUT2D eigenvalue weighted by Gasteiger charge is -2.15. The number of rotatable bonds is 6. The molecule has 0 atom stereocenters. The number of anilines is 1. The summed E-state index contributed by atoms with van der Waals surface area (Å²) in [5.41, 5.74) is 6.03. The van der Waals surface area contributed by atoms with Crippen LogP contribution in [0.5, 0.6) is 0 Å². The molecule has 22 heavy (non-hydrogen) atoms. The topological polar surface area (TPSA) is 53.1 Å². The number of ether oxygens (including phenoxy) is 1. The summed E-state index contributed by atoms with van der Waals surface area (Å²) in [6, 6.07) is 5.16. The van der Waals surface area contributed by atoms with Crippen LogP contribution in [0.25, 0.3) is 11.1 Å². The molecule has 1 aromatic heterocycles. The Morgan fingerprint density at radius 1 is 1.23 bits per heavy atom. The van der Waals surface area contributed by atoms with Crippen molar-refractivity contribution in [3.63, 3.8) is 0 Å². The maximum atomic E-state index is 13.9. The van der Waals surface area contributed by atoms with Gasteiger partial charge in [-0.05, 0) is 24.2 Å². The summed E-state index contributed by atoms with van der Waals surface area (Å²) in [6.07, 6.45) is 1.44. The Kier molecular flexibility index (Phi) is 4.97. The van der Waals surface area contributed by atoms with E-state index in [1.54, 1.807) is 0 Å². The van der Waals surface area contributed by atoms with Gasteiger partial charge in [0.15, 0.2) is 0 Å². The molecule has 0 saturated carbocycles. The predicted octanol–water partition coefficient (Wildman–Crippen LogP) is 3.72. The molecular formula is C15H21F2N3OSi. The second-order valence-electron chi connectivity index (χ2n) is 6.46. The van der Waals surface area contributed by atoms with Gasteiger partial charge in [0.1, 0.15) is 12.5 Å². The lowest BCUT2D eigenvalue weighted by atomic mass is 10.1. The molecule has 120 valence electrons. The van der Waals surface area contributed by atoms with E-state index >= 15 is 0 Å². The Balaban J connectivity index is 2.05. The van der Waals surface area contributed by atoms with Crippen LogP contribution in [0.15, 0.2) is 24.4 Å². The Bertz CT molecular complexity index is 653. The van der Waals surface area contributed by atoms with Crippen LogP contribution in [-0.4, -0.2) is 24.5 Å². The third-order valence-corrected chi connectivity index (χ3v) is 4.92. The summed E-state index contributed by atoms with van der Waals surface area (Å²) in [7, 11) is -1.16. The van der Waals surface area contributed by atoms with Crippen molar-refractivity contribution in [2.75, 3.05) is 12.3 Å². The van der Waals surface area contributed by atoms with E-state index in [1.165, 1.54) is 23.0 Å². The van der Waals surface area contributed by atoms with Gasteiger partial charge in [-0.25, -0.2) is 9.07 Å². The van der Waals surface area contributed by atoms with Crippen molar-refractivity contribution in [1.29, 1.82) is 0 Å². The molecule has 4 nitrogen and oxygen atoms in total. The Hall–Kier alpha value is -1.73. The van der Waals surface area contributed by atoms with Crippen molar-refractivity contribution < 1.29 is 13.5 Å². The first-order valence-electron chi connectivity index (χ1n) is 7.12. The van der Waals surface area contributed by atoms with Gasteiger partial charge in [-0.2, -0.15) is 4.39 Å². The third-order valence-electron chi connectivity index (χ3n) is 3.22. The number of nitrogen functional groups attached to an aromatic ring is 1. The first-order chi connectivity index (χ1) is 10.3. The van der Waals surface area contributed by atoms with Crippen LogP contribution in [0.4, 0.5) is 14.5 Å². The average Bonchev–Trinajstić information content (AvgIpc) is 2.75. The van der Waals surface area contributed by atoms with E-state index in [4.69, 9.17) is 10.5 Å². The molecule has 0 bridgehead atoms. The highest BCUT2D eigenvalue weighted by atomic mass is 28.3. The molecule has 0 amide bonds. The van der Waals surface area contributed by atoms with Crippen LogP contribution in [0.2, 0.25) is 25.7 Å². The van der Waals surface area contributed by atoms with Crippen LogP contribution in [-0.2, 0) is 11.5 Å². The fourth-order valence-electron chi connectivity index (χ4n) is 1.93. The summed E-state index contributed by atoms with van der Waals surface area (Å²) >= 11 is 0. The monoisotopic (exact) mass is 325 g/mol. The number of halogens is 2. The van der Waals surface area contributed by atoms with Crippen molar-refractivity contribution in [1.82, 2.24) is 9.78 Å². The van der Waals surface area contributed by atoms with Crippen LogP contribution < -0.4 is 5.73 Å². The maximum Gasteiger partial charge on any atom is 0.240 e. The highest BCUT2D eigenvalue weighted by Gasteiger charge is 2.15. The zero-order valence-corrected chi connectivity index (χ0v) is 14.1. The van der Waals surface area contributed by atoms with Crippen molar-refractivity contribution in [3.05, 3.63) is 36.2 Å². The minimum atomic E-state index is -1.16. The molecule has 2 rings (SSSR count). The second kappa shape index (κ2) is 6.58. The molecule has 0 unspecified atom stereocenters. The standard InChI is InChI=1S/C15H21F2N3OSi/c1-22(2,3)7-6-21-10-20-9-13(15(17)19-20)12-5-4-11(18)8-14(12)16/h4-5,8-9H,6-7,10,18H2,1-3H3. The molecule has 0 fully saturated rings. The minimum absolute atomic E-state index is 0.103. The van der Waals surface area contributed by atoms with Gasteiger partial charge in [0.2, 0.25) is 5.95 Å². The largest absolute Gasteiger partial charge is 0.399 e. The second-order valence-corrected chi connectivity index (χ2v) is 12.1. The number of hydrogen-bond donors (Lipinski definition) is 1. The SMILES string of the molecule is C[Si](C)(C)CCOCn1cc(-c2ccc(N)cc2F)c(F)n1. The molecule has 0 saturated heterocycles. The van der Waals surface area contributed by atoms with Gasteiger partial charge in [0.05, 0.1) is 5.56 Å². The van der Waals surface area contributed by atoms with Crippen molar-refractivity contribution in [2.24, 2.45) is 0 Å². The number of benzene rings is 1. The van der Waals surface area contributed by atoms with Gasteiger partial charge in [0, 0.05) is 32.1 Å². The van der Waals surface area contributed by atoms with Gasteiger partial charge in [-0.3, -0.25) is 0 Å². The molecule has 0 aliphatic carbocycles. The molecule has 1 aromatic carbocycles. The van der Waals surface area contributed by atoms with E-state index in [9.17, 15) is 8.78 Å². The van der Waals surface area contributed by atoms with Gasteiger partial charge in [-0.15, -0.1) is 5.10 Å². The molecule has 0 radical (unpaired) electrons. The number of nitrogens with zero attached hydrogens (tertiary/aromatic N) is 2. The van der Waals surface area contributed by atoms with Gasteiger partial charge >= 0.3 is 0 Å². The van der Waals surface area contributed by atoms with E-state index < -0.39 is 19.8 Å².